The van der Waals surface area contributed by atoms with Crippen LogP contribution in [0.4, 0.5) is 0 Å². The van der Waals surface area contributed by atoms with Crippen LogP contribution in [-0.4, -0.2) is 19.7 Å². The molecule has 0 heterocycles. The fourth-order valence-corrected chi connectivity index (χ4v) is 3.53. The standard InChI is InChI=1S/C26H28O4S/c1-28-26(27)17-23-13-12-22(16-25(23)31)24(30-19-21-10-6-3-7-11-21)14-15-29-18-20-8-4-2-5-9-20/h2-13,16,24,31H,14-15,17-19H2,1H3. The molecule has 0 saturated carbocycles. The Hall–Kier alpha value is -2.60. The topological polar surface area (TPSA) is 44.8 Å². The molecule has 0 aliphatic heterocycles. The van der Waals surface area contributed by atoms with Crippen molar-refractivity contribution in [2.45, 2.75) is 37.1 Å². The molecule has 3 aromatic carbocycles. The number of esters is 1. The molecule has 0 radical (unpaired) electrons. The molecule has 1 unspecified atom stereocenters. The molecule has 162 valence electrons. The van der Waals surface area contributed by atoms with E-state index < -0.39 is 0 Å². The van der Waals surface area contributed by atoms with Crippen molar-refractivity contribution >= 4 is 18.6 Å². The number of hydrogen-bond acceptors (Lipinski definition) is 5. The Bertz CT molecular complexity index is 944. The summed E-state index contributed by atoms with van der Waals surface area (Å²) in [5.41, 5.74) is 4.11. The molecule has 3 aromatic rings. The van der Waals surface area contributed by atoms with Gasteiger partial charge in [0, 0.05) is 17.9 Å². The van der Waals surface area contributed by atoms with E-state index in [9.17, 15) is 4.79 Å². The smallest absolute Gasteiger partial charge is 0.310 e. The monoisotopic (exact) mass is 436 g/mol. The maximum atomic E-state index is 11.6. The molecule has 0 aliphatic rings. The van der Waals surface area contributed by atoms with E-state index in [4.69, 9.17) is 14.2 Å². The minimum atomic E-state index is -0.283. The lowest BCUT2D eigenvalue weighted by Gasteiger charge is -2.20. The SMILES string of the molecule is COC(=O)Cc1ccc(C(CCOCc2ccccc2)OCc2ccccc2)cc1S. The number of thiol groups is 1. The van der Waals surface area contributed by atoms with Gasteiger partial charge in [-0.05, 0) is 28.3 Å². The van der Waals surface area contributed by atoms with Gasteiger partial charge in [-0.25, -0.2) is 0 Å². The summed E-state index contributed by atoms with van der Waals surface area (Å²) in [5, 5.41) is 0. The number of benzene rings is 3. The van der Waals surface area contributed by atoms with Crippen molar-refractivity contribution in [1.29, 1.82) is 0 Å². The summed E-state index contributed by atoms with van der Waals surface area (Å²) in [7, 11) is 1.39. The zero-order valence-electron chi connectivity index (χ0n) is 17.7. The highest BCUT2D eigenvalue weighted by molar-refractivity contribution is 7.80. The number of methoxy groups -OCH3 is 1. The summed E-state index contributed by atoms with van der Waals surface area (Å²) in [6, 6.07) is 26.1. The van der Waals surface area contributed by atoms with E-state index in [1.54, 1.807) is 0 Å². The molecule has 0 spiro atoms. The number of carbonyl (C=O) groups excluding carboxylic acids is 1. The Morgan fingerprint density at radius 2 is 1.55 bits per heavy atom. The number of carbonyl (C=O) groups is 1. The fourth-order valence-electron chi connectivity index (χ4n) is 3.23. The molecular formula is C26H28O4S. The second-order valence-electron chi connectivity index (χ2n) is 7.25. The van der Waals surface area contributed by atoms with Crippen molar-refractivity contribution in [3.8, 4) is 0 Å². The van der Waals surface area contributed by atoms with Crippen LogP contribution >= 0.6 is 12.6 Å². The van der Waals surface area contributed by atoms with Crippen LogP contribution in [0.1, 0.15) is 34.8 Å². The van der Waals surface area contributed by atoms with Gasteiger partial charge in [-0.2, -0.15) is 0 Å². The maximum absolute atomic E-state index is 11.6. The average Bonchev–Trinajstić information content (AvgIpc) is 2.81. The highest BCUT2D eigenvalue weighted by Gasteiger charge is 2.15. The van der Waals surface area contributed by atoms with Crippen LogP contribution in [0.2, 0.25) is 0 Å². The lowest BCUT2D eigenvalue weighted by atomic mass is 10.0. The third-order valence-electron chi connectivity index (χ3n) is 4.97. The van der Waals surface area contributed by atoms with Gasteiger partial charge >= 0.3 is 5.97 Å². The Kier molecular flexibility index (Phi) is 9.16. The molecule has 5 heteroatoms. The van der Waals surface area contributed by atoms with Crippen LogP contribution in [0, 0.1) is 0 Å². The summed E-state index contributed by atoms with van der Waals surface area (Å²) >= 11 is 4.58. The molecular weight excluding hydrogens is 408 g/mol. The van der Waals surface area contributed by atoms with Crippen molar-refractivity contribution in [3.05, 3.63) is 101 Å². The van der Waals surface area contributed by atoms with E-state index in [0.717, 1.165) is 27.1 Å². The van der Waals surface area contributed by atoms with Gasteiger partial charge in [-0.15, -0.1) is 12.6 Å². The number of hydrogen-bond donors (Lipinski definition) is 1. The predicted octanol–water partition coefficient (Wildman–Crippen LogP) is 5.56. The van der Waals surface area contributed by atoms with Crippen LogP contribution < -0.4 is 0 Å². The quantitative estimate of drug-likeness (QED) is 0.243. The first-order valence-corrected chi connectivity index (χ1v) is 10.8. The van der Waals surface area contributed by atoms with Crippen molar-refractivity contribution in [3.63, 3.8) is 0 Å². The lowest BCUT2D eigenvalue weighted by Crippen LogP contribution is -2.10. The van der Waals surface area contributed by atoms with Gasteiger partial charge in [0.25, 0.3) is 0 Å². The third kappa shape index (κ3) is 7.55. The van der Waals surface area contributed by atoms with Crippen molar-refractivity contribution in [1.82, 2.24) is 0 Å². The van der Waals surface area contributed by atoms with Crippen LogP contribution in [0.3, 0.4) is 0 Å². The molecule has 31 heavy (non-hydrogen) atoms. The lowest BCUT2D eigenvalue weighted by molar-refractivity contribution is -0.139. The van der Waals surface area contributed by atoms with E-state index in [2.05, 4.69) is 24.8 Å². The minimum absolute atomic E-state index is 0.144. The Morgan fingerprint density at radius 3 is 2.16 bits per heavy atom. The average molecular weight is 437 g/mol. The van der Waals surface area contributed by atoms with Crippen LogP contribution in [0.5, 0.6) is 0 Å². The van der Waals surface area contributed by atoms with Crippen LogP contribution in [0.15, 0.2) is 83.8 Å². The van der Waals surface area contributed by atoms with E-state index in [1.807, 2.05) is 66.7 Å². The second-order valence-corrected chi connectivity index (χ2v) is 7.73. The van der Waals surface area contributed by atoms with Crippen molar-refractivity contribution in [2.75, 3.05) is 13.7 Å². The van der Waals surface area contributed by atoms with Crippen molar-refractivity contribution < 1.29 is 19.0 Å². The van der Waals surface area contributed by atoms with Gasteiger partial charge in [0.05, 0.1) is 32.8 Å². The summed E-state index contributed by atoms with van der Waals surface area (Å²) < 4.78 is 16.9. The zero-order valence-corrected chi connectivity index (χ0v) is 18.6. The molecule has 0 bridgehead atoms. The highest BCUT2D eigenvalue weighted by atomic mass is 32.1. The first-order valence-electron chi connectivity index (χ1n) is 10.3. The first kappa shape index (κ1) is 23.1. The summed E-state index contributed by atoms with van der Waals surface area (Å²) in [6.45, 7) is 1.65. The zero-order chi connectivity index (χ0) is 21.9. The number of ether oxygens (including phenoxy) is 3. The Labute approximate surface area is 189 Å². The van der Waals surface area contributed by atoms with Gasteiger partial charge in [-0.1, -0.05) is 72.8 Å². The van der Waals surface area contributed by atoms with E-state index >= 15 is 0 Å². The van der Waals surface area contributed by atoms with E-state index in [1.165, 1.54) is 7.11 Å². The summed E-state index contributed by atoms with van der Waals surface area (Å²) in [6.07, 6.45) is 0.767. The summed E-state index contributed by atoms with van der Waals surface area (Å²) in [5.74, 6) is -0.283. The Balaban J connectivity index is 1.65. The summed E-state index contributed by atoms with van der Waals surface area (Å²) in [4.78, 5) is 12.4. The molecule has 4 nitrogen and oxygen atoms in total. The minimum Gasteiger partial charge on any atom is -0.469 e. The van der Waals surface area contributed by atoms with Gasteiger partial charge in [-0.3, -0.25) is 4.79 Å². The van der Waals surface area contributed by atoms with E-state index in [-0.39, 0.29) is 18.5 Å². The van der Waals surface area contributed by atoms with E-state index in [0.29, 0.717) is 26.2 Å². The molecule has 1 atom stereocenters. The Morgan fingerprint density at radius 1 is 0.903 bits per heavy atom. The highest BCUT2D eigenvalue weighted by Crippen LogP contribution is 2.27. The molecule has 0 N–H and O–H groups in total. The normalized spacial score (nSPS) is 11.8. The molecule has 0 saturated heterocycles. The van der Waals surface area contributed by atoms with Gasteiger partial charge in [0.15, 0.2) is 0 Å². The maximum Gasteiger partial charge on any atom is 0.310 e. The van der Waals surface area contributed by atoms with Crippen LogP contribution in [0.25, 0.3) is 0 Å². The first-order chi connectivity index (χ1) is 15.2. The second kappa shape index (κ2) is 12.3. The third-order valence-corrected chi connectivity index (χ3v) is 5.39. The molecule has 0 fully saturated rings. The van der Waals surface area contributed by atoms with Gasteiger partial charge in [0.1, 0.15) is 0 Å². The van der Waals surface area contributed by atoms with Gasteiger partial charge in [0.2, 0.25) is 0 Å². The molecule has 3 rings (SSSR count). The fraction of sp³-hybridized carbons (Fsp3) is 0.269. The molecule has 0 aromatic heterocycles. The molecule has 0 aliphatic carbocycles. The number of rotatable bonds is 11. The molecule has 0 amide bonds. The van der Waals surface area contributed by atoms with Gasteiger partial charge < -0.3 is 14.2 Å². The van der Waals surface area contributed by atoms with Crippen LogP contribution in [-0.2, 0) is 38.6 Å². The predicted molar refractivity (Wildman–Crippen MR) is 124 cm³/mol. The van der Waals surface area contributed by atoms with Crippen molar-refractivity contribution in [2.24, 2.45) is 0 Å². The largest absolute Gasteiger partial charge is 0.469 e.